The highest BCUT2D eigenvalue weighted by Crippen LogP contribution is 2.40. The molecule has 8 aromatic carbocycles. The van der Waals surface area contributed by atoms with Crippen LogP contribution in [0.25, 0.3) is 66.1 Å². The third-order valence-electron chi connectivity index (χ3n) is 9.27. The number of hydrogen-bond acceptors (Lipinski definition) is 2. The van der Waals surface area contributed by atoms with Crippen LogP contribution in [0.2, 0.25) is 0 Å². The number of benzene rings is 8. The molecule has 0 spiro atoms. The lowest BCUT2D eigenvalue weighted by Crippen LogP contribution is -2.09. The predicted octanol–water partition coefficient (Wildman–Crippen LogP) is 13.2. The van der Waals surface area contributed by atoms with Crippen LogP contribution in [0.15, 0.2) is 192 Å². The molecule has 0 fully saturated rings. The second-order valence-corrected chi connectivity index (χ2v) is 12.1. The van der Waals surface area contributed by atoms with Gasteiger partial charge in [-0.05, 0) is 105 Å². The Morgan fingerprint density at radius 2 is 0.750 bits per heavy atom. The normalized spacial score (nSPS) is 11.3. The van der Waals surface area contributed by atoms with E-state index in [2.05, 4.69) is 193 Å². The lowest BCUT2D eigenvalue weighted by Gasteiger charge is -2.25. The third-order valence-corrected chi connectivity index (χ3v) is 9.27. The second-order valence-electron chi connectivity index (χ2n) is 12.1. The van der Waals surface area contributed by atoms with Crippen LogP contribution in [0, 0.1) is 0 Å². The lowest BCUT2D eigenvalue weighted by atomic mass is 9.92. The van der Waals surface area contributed by atoms with Gasteiger partial charge in [0.2, 0.25) is 0 Å². The number of rotatable bonds is 6. The van der Waals surface area contributed by atoms with E-state index in [4.69, 9.17) is 4.42 Å². The van der Waals surface area contributed by atoms with Crippen molar-refractivity contribution in [2.75, 3.05) is 4.90 Å². The van der Waals surface area contributed by atoms with E-state index in [0.29, 0.717) is 0 Å². The van der Waals surface area contributed by atoms with Gasteiger partial charge in [0.25, 0.3) is 0 Å². The average molecular weight is 614 g/mol. The Balaban J connectivity index is 1.12. The van der Waals surface area contributed by atoms with Gasteiger partial charge in [-0.3, -0.25) is 0 Å². The van der Waals surface area contributed by atoms with Crippen LogP contribution >= 0.6 is 0 Å². The van der Waals surface area contributed by atoms with Crippen molar-refractivity contribution in [2.45, 2.75) is 0 Å². The van der Waals surface area contributed by atoms with Gasteiger partial charge in [-0.25, -0.2) is 0 Å². The maximum Gasteiger partial charge on any atom is 0.135 e. The number of furan rings is 1. The monoisotopic (exact) mass is 613 g/mol. The van der Waals surface area contributed by atoms with Crippen LogP contribution in [0.5, 0.6) is 0 Å². The molecule has 0 aliphatic heterocycles. The number of nitrogens with zero attached hydrogens (tertiary/aromatic N) is 1. The van der Waals surface area contributed by atoms with E-state index in [9.17, 15) is 0 Å². The molecule has 1 heterocycles. The Hall–Kier alpha value is -6.38. The molecule has 0 radical (unpaired) electrons. The molecule has 0 saturated heterocycles. The van der Waals surface area contributed by atoms with Gasteiger partial charge in [0, 0.05) is 27.8 Å². The Bertz CT molecular complexity index is 2490. The first-order valence-corrected chi connectivity index (χ1v) is 16.3. The van der Waals surface area contributed by atoms with E-state index in [1.165, 1.54) is 44.2 Å². The zero-order valence-electron chi connectivity index (χ0n) is 26.3. The van der Waals surface area contributed by atoms with Gasteiger partial charge in [0.05, 0.1) is 0 Å². The summed E-state index contributed by atoms with van der Waals surface area (Å²) in [7, 11) is 0. The van der Waals surface area contributed by atoms with E-state index >= 15 is 0 Å². The summed E-state index contributed by atoms with van der Waals surface area (Å²) in [5.41, 5.74) is 12.4. The molecule has 0 amide bonds. The van der Waals surface area contributed by atoms with E-state index in [-0.39, 0.29) is 0 Å². The zero-order chi connectivity index (χ0) is 31.9. The molecule has 0 unspecified atom stereocenters. The first kappa shape index (κ1) is 27.9. The summed E-state index contributed by atoms with van der Waals surface area (Å²) >= 11 is 0. The summed E-state index contributed by atoms with van der Waals surface area (Å²) in [6, 6.07) is 66.8. The standard InChI is InChI=1S/C46H31NO/c1-4-12-32(13-5-1)34-24-28-45-43(30-34)44-31-35(25-29-46(44)48-45)40-19-11-20-41-39(18-10-21-42(40)41)33-22-26-38(27-23-33)47(36-14-6-2-7-15-36)37-16-8-3-9-17-37/h1-31H. The molecule has 0 aliphatic carbocycles. The highest BCUT2D eigenvalue weighted by molar-refractivity contribution is 6.10. The Labute approximate surface area is 279 Å². The maximum atomic E-state index is 6.28. The van der Waals surface area contributed by atoms with Crippen LogP contribution < -0.4 is 4.90 Å². The molecule has 0 aliphatic rings. The van der Waals surface area contributed by atoms with Gasteiger partial charge >= 0.3 is 0 Å². The SMILES string of the molecule is c1ccc(-c2ccc3oc4ccc(-c5cccc6c(-c7ccc(N(c8ccccc8)c8ccccc8)cc7)cccc56)cc4c3c2)cc1. The van der Waals surface area contributed by atoms with Crippen molar-refractivity contribution in [1.29, 1.82) is 0 Å². The Kier molecular flexibility index (Phi) is 6.84. The molecule has 2 heteroatoms. The third kappa shape index (κ3) is 4.92. The molecule has 9 rings (SSSR count). The molecule has 9 aromatic rings. The fourth-order valence-electron chi connectivity index (χ4n) is 6.96. The van der Waals surface area contributed by atoms with Crippen LogP contribution in [0.4, 0.5) is 17.1 Å². The van der Waals surface area contributed by atoms with Crippen molar-refractivity contribution in [3.63, 3.8) is 0 Å². The summed E-state index contributed by atoms with van der Waals surface area (Å²) in [6.45, 7) is 0. The van der Waals surface area contributed by atoms with Gasteiger partial charge in [-0.15, -0.1) is 0 Å². The van der Waals surface area contributed by atoms with Gasteiger partial charge in [0.15, 0.2) is 0 Å². The molecule has 226 valence electrons. The van der Waals surface area contributed by atoms with Gasteiger partial charge in [0.1, 0.15) is 11.2 Å². The van der Waals surface area contributed by atoms with E-state index in [1.54, 1.807) is 0 Å². The summed E-state index contributed by atoms with van der Waals surface area (Å²) in [4.78, 5) is 2.30. The van der Waals surface area contributed by atoms with Crippen LogP contribution in [0.1, 0.15) is 0 Å². The molecule has 0 bridgehead atoms. The smallest absolute Gasteiger partial charge is 0.135 e. The fraction of sp³-hybridized carbons (Fsp3) is 0. The molecule has 0 saturated carbocycles. The van der Waals surface area contributed by atoms with E-state index < -0.39 is 0 Å². The minimum absolute atomic E-state index is 0.903. The minimum atomic E-state index is 0.903. The van der Waals surface area contributed by atoms with Crippen LogP contribution in [-0.2, 0) is 0 Å². The predicted molar refractivity (Wildman–Crippen MR) is 202 cm³/mol. The molecule has 0 N–H and O–H groups in total. The maximum absolute atomic E-state index is 6.28. The summed E-state index contributed by atoms with van der Waals surface area (Å²) in [5, 5.41) is 4.72. The van der Waals surface area contributed by atoms with Crippen molar-refractivity contribution in [1.82, 2.24) is 0 Å². The largest absolute Gasteiger partial charge is 0.456 e. The second kappa shape index (κ2) is 11.8. The molecule has 2 nitrogen and oxygen atoms in total. The first-order chi connectivity index (χ1) is 23.8. The minimum Gasteiger partial charge on any atom is -0.456 e. The van der Waals surface area contributed by atoms with Crippen molar-refractivity contribution < 1.29 is 4.42 Å². The molecule has 0 atom stereocenters. The van der Waals surface area contributed by atoms with Crippen molar-refractivity contribution >= 4 is 49.8 Å². The van der Waals surface area contributed by atoms with Crippen molar-refractivity contribution in [3.05, 3.63) is 188 Å². The van der Waals surface area contributed by atoms with Crippen molar-refractivity contribution in [3.8, 4) is 33.4 Å². The van der Waals surface area contributed by atoms with Crippen LogP contribution in [0.3, 0.4) is 0 Å². The topological polar surface area (TPSA) is 16.4 Å². The van der Waals surface area contributed by atoms with Gasteiger partial charge in [-0.1, -0.05) is 127 Å². The number of hydrogen-bond donors (Lipinski definition) is 0. The summed E-state index contributed by atoms with van der Waals surface area (Å²) in [6.07, 6.45) is 0. The quantitative estimate of drug-likeness (QED) is 0.185. The summed E-state index contributed by atoms with van der Waals surface area (Å²) in [5.74, 6) is 0. The molecular weight excluding hydrogens is 583 g/mol. The fourth-order valence-corrected chi connectivity index (χ4v) is 6.96. The number of anilines is 3. The first-order valence-electron chi connectivity index (χ1n) is 16.3. The highest BCUT2D eigenvalue weighted by Gasteiger charge is 2.15. The zero-order valence-corrected chi connectivity index (χ0v) is 26.3. The van der Waals surface area contributed by atoms with E-state index in [0.717, 1.165) is 39.0 Å². The Morgan fingerprint density at radius 1 is 0.292 bits per heavy atom. The van der Waals surface area contributed by atoms with Crippen molar-refractivity contribution in [2.24, 2.45) is 0 Å². The molecule has 48 heavy (non-hydrogen) atoms. The lowest BCUT2D eigenvalue weighted by molar-refractivity contribution is 0.669. The molecule has 1 aromatic heterocycles. The highest BCUT2D eigenvalue weighted by atomic mass is 16.3. The van der Waals surface area contributed by atoms with Gasteiger partial charge < -0.3 is 9.32 Å². The van der Waals surface area contributed by atoms with E-state index in [1.807, 2.05) is 0 Å². The van der Waals surface area contributed by atoms with Crippen LogP contribution in [-0.4, -0.2) is 0 Å². The van der Waals surface area contributed by atoms with Gasteiger partial charge in [-0.2, -0.15) is 0 Å². The number of fused-ring (bicyclic) bond motifs is 4. The molecular formula is C46H31NO. The number of para-hydroxylation sites is 2. The summed E-state index contributed by atoms with van der Waals surface area (Å²) < 4.78 is 6.28. The average Bonchev–Trinajstić information content (AvgIpc) is 3.53. The Morgan fingerprint density at radius 3 is 1.33 bits per heavy atom.